The first-order valence-electron chi connectivity index (χ1n) is 6.07. The molecule has 1 N–H and O–H groups in total. The third-order valence-corrected chi connectivity index (χ3v) is 3.24. The third-order valence-electron chi connectivity index (χ3n) is 3.24. The number of halogens is 6. The van der Waals surface area contributed by atoms with Gasteiger partial charge in [0, 0.05) is 0 Å². The van der Waals surface area contributed by atoms with Crippen molar-refractivity contribution in [2.24, 2.45) is 0 Å². The van der Waals surface area contributed by atoms with Crippen molar-refractivity contribution in [3.63, 3.8) is 0 Å². The fraction of sp³-hybridized carbons (Fsp3) is 0.909. The molecule has 0 aliphatic carbocycles. The molecule has 0 spiro atoms. The number of rotatable bonds is 4. The van der Waals surface area contributed by atoms with Crippen LogP contribution in [-0.2, 0) is 4.79 Å². The number of hydrogen-bond donors (Lipinski definition) is 1. The zero-order valence-corrected chi connectivity index (χ0v) is 10.5. The smallest absolute Gasteiger partial charge is 0.373 e. The van der Waals surface area contributed by atoms with Crippen molar-refractivity contribution in [2.45, 2.75) is 43.6 Å². The maximum absolute atomic E-state index is 12.4. The fourth-order valence-corrected chi connectivity index (χ4v) is 2.07. The Labute approximate surface area is 111 Å². The van der Waals surface area contributed by atoms with Crippen LogP contribution < -0.4 is 0 Å². The fourth-order valence-electron chi connectivity index (χ4n) is 2.07. The van der Waals surface area contributed by atoms with E-state index in [1.54, 1.807) is 0 Å². The summed E-state index contributed by atoms with van der Waals surface area (Å²) in [6, 6.07) is 0. The average molecular weight is 307 g/mol. The molecular weight excluding hydrogens is 292 g/mol. The van der Waals surface area contributed by atoms with Gasteiger partial charge >= 0.3 is 12.4 Å². The number of carbonyl (C=O) groups is 1. The molecule has 0 radical (unpaired) electrons. The first kappa shape index (κ1) is 17.2. The van der Waals surface area contributed by atoms with E-state index in [4.69, 9.17) is 5.11 Å². The number of alkyl halides is 6. The third kappa shape index (κ3) is 3.85. The predicted octanol–water partition coefficient (Wildman–Crippen LogP) is 2.29. The highest BCUT2D eigenvalue weighted by molar-refractivity contribution is 5.81. The number of carbonyl (C=O) groups excluding carboxylic acids is 1. The molecule has 0 bridgehead atoms. The summed E-state index contributed by atoms with van der Waals surface area (Å²) in [5, 5.41) is 8.89. The van der Waals surface area contributed by atoms with Crippen molar-refractivity contribution in [2.75, 3.05) is 19.6 Å². The largest absolute Gasteiger partial charge is 0.426 e. The number of hydrogen-bond acceptors (Lipinski definition) is 3. The zero-order chi connectivity index (χ0) is 15.6. The molecule has 1 rings (SSSR count). The molecule has 0 amide bonds. The van der Waals surface area contributed by atoms with E-state index >= 15 is 0 Å². The molecule has 1 aliphatic rings. The Morgan fingerprint density at radius 3 is 1.80 bits per heavy atom. The van der Waals surface area contributed by atoms with Crippen molar-refractivity contribution in [1.29, 1.82) is 0 Å². The summed E-state index contributed by atoms with van der Waals surface area (Å²) in [6.07, 6.45) is -11.5. The van der Waals surface area contributed by atoms with Crippen molar-refractivity contribution in [3.8, 4) is 0 Å². The summed E-state index contributed by atoms with van der Waals surface area (Å²) < 4.78 is 74.4. The topological polar surface area (TPSA) is 40.5 Å². The zero-order valence-electron chi connectivity index (χ0n) is 10.5. The maximum Gasteiger partial charge on any atom is 0.426 e. The second-order valence-corrected chi connectivity index (χ2v) is 4.91. The number of ketones is 1. The second kappa shape index (κ2) is 5.88. The van der Waals surface area contributed by atoms with Crippen LogP contribution in [0.25, 0.3) is 0 Å². The molecule has 3 nitrogen and oxygen atoms in total. The summed E-state index contributed by atoms with van der Waals surface area (Å²) in [7, 11) is 0. The lowest BCUT2D eigenvalue weighted by atomic mass is 9.95. The molecule has 118 valence electrons. The second-order valence-electron chi connectivity index (χ2n) is 4.91. The molecule has 0 atom stereocenters. The Bertz CT molecular complexity index is 332. The van der Waals surface area contributed by atoms with Gasteiger partial charge in [-0.15, -0.1) is 0 Å². The molecule has 1 saturated heterocycles. The van der Waals surface area contributed by atoms with E-state index in [2.05, 4.69) is 0 Å². The molecule has 1 aliphatic heterocycles. The average Bonchev–Trinajstić information content (AvgIpc) is 2.26. The van der Waals surface area contributed by atoms with Crippen molar-refractivity contribution >= 4 is 5.78 Å². The Balaban J connectivity index is 2.73. The molecule has 9 heteroatoms. The van der Waals surface area contributed by atoms with E-state index in [0.29, 0.717) is 13.1 Å². The monoisotopic (exact) mass is 307 g/mol. The van der Waals surface area contributed by atoms with Gasteiger partial charge in [0.15, 0.2) is 0 Å². The Kier molecular flexibility index (Phi) is 5.07. The van der Waals surface area contributed by atoms with Crippen LogP contribution in [0.4, 0.5) is 26.3 Å². The number of likely N-dealkylation sites (tertiary alicyclic amines) is 1. The summed E-state index contributed by atoms with van der Waals surface area (Å²) >= 11 is 0. The van der Waals surface area contributed by atoms with E-state index in [0.717, 1.165) is 19.3 Å². The predicted molar refractivity (Wildman–Crippen MR) is 57.0 cm³/mol. The molecule has 1 heterocycles. The standard InChI is InChI=1S/C11H15F6NO2/c12-10(13,14)9(20,11(15,16)17)6-8(19)7-18-4-2-1-3-5-18/h20H,1-7H2. The summed E-state index contributed by atoms with van der Waals surface area (Å²) in [5.74, 6) is -1.27. The van der Waals surface area contributed by atoms with Gasteiger partial charge in [-0.05, 0) is 25.9 Å². The lowest BCUT2D eigenvalue weighted by Crippen LogP contribution is -2.58. The maximum atomic E-state index is 12.4. The van der Waals surface area contributed by atoms with E-state index in [-0.39, 0.29) is 0 Å². The van der Waals surface area contributed by atoms with E-state index in [9.17, 15) is 31.1 Å². The van der Waals surface area contributed by atoms with Crippen molar-refractivity contribution < 1.29 is 36.2 Å². The molecule has 0 unspecified atom stereocenters. The number of Topliss-reactive ketones (excluding diaryl/α,β-unsaturated/α-hetero) is 1. The molecule has 0 aromatic carbocycles. The van der Waals surface area contributed by atoms with Crippen LogP contribution in [0, 0.1) is 0 Å². The molecule has 0 aromatic rings. The van der Waals surface area contributed by atoms with Gasteiger partial charge < -0.3 is 5.11 Å². The minimum atomic E-state index is -5.94. The van der Waals surface area contributed by atoms with Gasteiger partial charge in [0.1, 0.15) is 5.78 Å². The van der Waals surface area contributed by atoms with Crippen LogP contribution in [0.5, 0.6) is 0 Å². The Morgan fingerprint density at radius 2 is 1.40 bits per heavy atom. The van der Waals surface area contributed by atoms with Gasteiger partial charge in [0.25, 0.3) is 5.60 Å². The summed E-state index contributed by atoms with van der Waals surface area (Å²) in [5.41, 5.74) is -4.98. The highest BCUT2D eigenvalue weighted by Crippen LogP contribution is 2.45. The minimum absolute atomic E-state index is 0.461. The quantitative estimate of drug-likeness (QED) is 0.810. The Morgan fingerprint density at radius 1 is 0.950 bits per heavy atom. The van der Waals surface area contributed by atoms with Crippen LogP contribution >= 0.6 is 0 Å². The first-order chi connectivity index (χ1) is 8.97. The molecule has 20 heavy (non-hydrogen) atoms. The number of aliphatic hydroxyl groups is 1. The highest BCUT2D eigenvalue weighted by Gasteiger charge is 2.70. The van der Waals surface area contributed by atoms with Crippen molar-refractivity contribution in [1.82, 2.24) is 4.90 Å². The Hall–Kier alpha value is -0.830. The molecule has 0 aromatic heterocycles. The number of piperidine rings is 1. The lowest BCUT2D eigenvalue weighted by Gasteiger charge is -2.33. The van der Waals surface area contributed by atoms with Crippen molar-refractivity contribution in [3.05, 3.63) is 0 Å². The number of nitrogens with zero attached hydrogens (tertiary/aromatic N) is 1. The van der Waals surface area contributed by atoms with Crippen LogP contribution in [0.2, 0.25) is 0 Å². The summed E-state index contributed by atoms with van der Waals surface area (Å²) in [6.45, 7) is 0.416. The van der Waals surface area contributed by atoms with E-state index in [1.165, 1.54) is 4.90 Å². The van der Waals surface area contributed by atoms with Crippen LogP contribution in [-0.4, -0.2) is 53.4 Å². The van der Waals surface area contributed by atoms with Gasteiger partial charge in [-0.1, -0.05) is 6.42 Å². The van der Waals surface area contributed by atoms with Gasteiger partial charge in [0.2, 0.25) is 0 Å². The van der Waals surface area contributed by atoms with Crippen LogP contribution in [0.3, 0.4) is 0 Å². The van der Waals surface area contributed by atoms with Crippen LogP contribution in [0.1, 0.15) is 25.7 Å². The van der Waals surface area contributed by atoms with Gasteiger partial charge in [-0.25, -0.2) is 0 Å². The molecule has 1 fully saturated rings. The SMILES string of the molecule is O=C(CN1CCCCC1)CC(O)(C(F)(F)F)C(F)(F)F. The van der Waals surface area contributed by atoms with Gasteiger partial charge in [0.05, 0.1) is 13.0 Å². The highest BCUT2D eigenvalue weighted by atomic mass is 19.4. The first-order valence-corrected chi connectivity index (χ1v) is 6.07. The van der Waals surface area contributed by atoms with E-state index in [1.807, 2.05) is 0 Å². The lowest BCUT2D eigenvalue weighted by molar-refractivity contribution is -0.367. The van der Waals surface area contributed by atoms with Gasteiger partial charge in [-0.3, -0.25) is 9.69 Å². The van der Waals surface area contributed by atoms with Crippen LogP contribution in [0.15, 0.2) is 0 Å². The normalized spacial score (nSPS) is 19.1. The summed E-state index contributed by atoms with van der Waals surface area (Å²) in [4.78, 5) is 12.9. The minimum Gasteiger partial charge on any atom is -0.373 e. The molecular formula is C11H15F6NO2. The molecule has 0 saturated carbocycles. The van der Waals surface area contributed by atoms with E-state index < -0.39 is 36.7 Å². The van der Waals surface area contributed by atoms with Gasteiger partial charge in [-0.2, -0.15) is 26.3 Å².